The van der Waals surface area contributed by atoms with E-state index in [1.807, 2.05) is 18.2 Å². The number of benzene rings is 2. The molecule has 3 rings (SSSR count). The third kappa shape index (κ3) is 4.69. The fourth-order valence-corrected chi connectivity index (χ4v) is 3.16. The Bertz CT molecular complexity index is 758. The summed E-state index contributed by atoms with van der Waals surface area (Å²) in [6, 6.07) is 10.3. The van der Waals surface area contributed by atoms with Crippen molar-refractivity contribution in [1.29, 1.82) is 0 Å². The van der Waals surface area contributed by atoms with Gasteiger partial charge < -0.3 is 10.2 Å². The predicted octanol–water partition coefficient (Wildman–Crippen LogP) is 3.76. The molecule has 0 spiro atoms. The zero-order valence-electron chi connectivity index (χ0n) is 13.3. The Labute approximate surface area is 156 Å². The summed E-state index contributed by atoms with van der Waals surface area (Å²) in [7, 11) is 0. The largest absolute Gasteiger partial charge is 0.333 e. The lowest BCUT2D eigenvalue weighted by atomic mass is 10.0. The van der Waals surface area contributed by atoms with Crippen LogP contribution in [0.3, 0.4) is 0 Å². The Morgan fingerprint density at radius 3 is 2.80 bits per heavy atom. The van der Waals surface area contributed by atoms with E-state index in [1.54, 1.807) is 11.0 Å². The fourth-order valence-electron chi connectivity index (χ4n) is 2.96. The van der Waals surface area contributed by atoms with Gasteiger partial charge in [0.25, 0.3) is 0 Å². The summed E-state index contributed by atoms with van der Waals surface area (Å²) < 4.78 is 27.1. The zero-order chi connectivity index (χ0) is 17.1. The normalized spacial score (nSPS) is 17.1. The van der Waals surface area contributed by atoms with Gasteiger partial charge in [-0.25, -0.2) is 8.78 Å². The van der Waals surface area contributed by atoms with E-state index in [2.05, 4.69) is 5.32 Å². The van der Waals surface area contributed by atoms with Crippen molar-refractivity contribution in [2.75, 3.05) is 19.6 Å². The maximum absolute atomic E-state index is 13.8. The molecule has 7 heteroatoms. The average molecular weight is 387 g/mol. The first-order valence-corrected chi connectivity index (χ1v) is 8.12. The van der Waals surface area contributed by atoms with Crippen LogP contribution in [0.25, 0.3) is 0 Å². The Balaban J connectivity index is 0.00000225. The Morgan fingerprint density at radius 1 is 1.24 bits per heavy atom. The Morgan fingerprint density at radius 2 is 2.04 bits per heavy atom. The van der Waals surface area contributed by atoms with Crippen LogP contribution in [0.4, 0.5) is 8.78 Å². The summed E-state index contributed by atoms with van der Waals surface area (Å²) >= 11 is 6.04. The maximum Gasteiger partial charge on any atom is 0.227 e. The summed E-state index contributed by atoms with van der Waals surface area (Å²) in [6.07, 6.45) is -0.166. The molecule has 1 fully saturated rings. The van der Waals surface area contributed by atoms with Crippen LogP contribution in [0, 0.1) is 11.6 Å². The van der Waals surface area contributed by atoms with E-state index < -0.39 is 11.6 Å². The van der Waals surface area contributed by atoms with Crippen molar-refractivity contribution >= 4 is 29.9 Å². The molecule has 0 radical (unpaired) electrons. The van der Waals surface area contributed by atoms with Crippen molar-refractivity contribution in [3.8, 4) is 0 Å². The number of hydrogen-bond donors (Lipinski definition) is 1. The molecule has 1 saturated heterocycles. The van der Waals surface area contributed by atoms with Crippen molar-refractivity contribution in [2.45, 2.75) is 12.5 Å². The van der Waals surface area contributed by atoms with E-state index in [-0.39, 0.29) is 36.3 Å². The number of carbonyl (C=O) groups excluding carboxylic acids is 1. The second-order valence-corrected chi connectivity index (χ2v) is 6.21. The third-order valence-corrected chi connectivity index (χ3v) is 4.38. The molecule has 1 N–H and O–H groups in total. The molecule has 0 aromatic heterocycles. The van der Waals surface area contributed by atoms with Crippen LogP contribution in [0.5, 0.6) is 0 Å². The highest BCUT2D eigenvalue weighted by atomic mass is 35.5. The van der Waals surface area contributed by atoms with Crippen molar-refractivity contribution < 1.29 is 13.6 Å². The highest BCUT2D eigenvalue weighted by Gasteiger charge is 2.28. The second kappa shape index (κ2) is 8.61. The first kappa shape index (κ1) is 19.6. The number of amides is 1. The topological polar surface area (TPSA) is 32.3 Å². The molecule has 1 amide bonds. The highest BCUT2D eigenvalue weighted by molar-refractivity contribution is 6.30. The van der Waals surface area contributed by atoms with Gasteiger partial charge in [0.05, 0.1) is 12.5 Å². The lowest BCUT2D eigenvalue weighted by molar-refractivity contribution is -0.133. The highest BCUT2D eigenvalue weighted by Crippen LogP contribution is 2.25. The second-order valence-electron chi connectivity index (χ2n) is 5.77. The van der Waals surface area contributed by atoms with E-state index >= 15 is 0 Å². The molecule has 3 nitrogen and oxygen atoms in total. The molecule has 25 heavy (non-hydrogen) atoms. The number of nitrogens with one attached hydrogen (secondary N) is 1. The summed E-state index contributed by atoms with van der Waals surface area (Å²) in [5.74, 6) is -1.35. The molecule has 2 aromatic rings. The van der Waals surface area contributed by atoms with E-state index in [1.165, 1.54) is 0 Å². The van der Waals surface area contributed by atoms with Gasteiger partial charge in [-0.1, -0.05) is 23.7 Å². The van der Waals surface area contributed by atoms with Crippen LogP contribution in [0.2, 0.25) is 5.02 Å². The number of piperazine rings is 1. The van der Waals surface area contributed by atoms with Gasteiger partial charge in [0, 0.05) is 30.2 Å². The minimum absolute atomic E-state index is 0. The molecule has 1 unspecified atom stereocenters. The molecular weight excluding hydrogens is 369 g/mol. The van der Waals surface area contributed by atoms with Crippen molar-refractivity contribution in [2.24, 2.45) is 0 Å². The van der Waals surface area contributed by atoms with Crippen LogP contribution >= 0.6 is 24.0 Å². The van der Waals surface area contributed by atoms with Gasteiger partial charge in [-0.2, -0.15) is 0 Å². The number of rotatable bonds is 3. The van der Waals surface area contributed by atoms with Gasteiger partial charge in [-0.3, -0.25) is 4.79 Å². The van der Waals surface area contributed by atoms with E-state index in [0.717, 1.165) is 23.8 Å². The molecule has 134 valence electrons. The van der Waals surface area contributed by atoms with Gasteiger partial charge in [-0.05, 0) is 35.9 Å². The summed E-state index contributed by atoms with van der Waals surface area (Å²) in [6.45, 7) is 1.76. The molecule has 1 heterocycles. The van der Waals surface area contributed by atoms with Crippen LogP contribution in [0.1, 0.15) is 17.2 Å². The van der Waals surface area contributed by atoms with Crippen LogP contribution < -0.4 is 5.32 Å². The minimum atomic E-state index is -0.570. The third-order valence-electron chi connectivity index (χ3n) is 4.15. The lowest BCUT2D eigenvalue weighted by Crippen LogP contribution is -2.49. The molecule has 2 aromatic carbocycles. The van der Waals surface area contributed by atoms with Gasteiger partial charge in [0.15, 0.2) is 0 Å². The molecule has 1 aliphatic rings. The molecule has 0 saturated carbocycles. The van der Waals surface area contributed by atoms with Gasteiger partial charge in [0.2, 0.25) is 5.91 Å². The molecule has 1 aliphatic heterocycles. The standard InChI is InChI=1S/C18H17ClF2N2O.ClH/c19-14-3-1-2-12(8-14)17-11-22-6-7-23(17)18(24)10-13-9-15(20)4-5-16(13)21;/h1-5,8-9,17,22H,6-7,10-11H2;1H. The first-order valence-electron chi connectivity index (χ1n) is 7.74. The molecule has 0 aliphatic carbocycles. The fraction of sp³-hybridized carbons (Fsp3) is 0.278. The zero-order valence-corrected chi connectivity index (χ0v) is 14.9. The quantitative estimate of drug-likeness (QED) is 0.870. The van der Waals surface area contributed by atoms with Crippen LogP contribution in [-0.2, 0) is 11.2 Å². The van der Waals surface area contributed by atoms with E-state index in [9.17, 15) is 13.6 Å². The van der Waals surface area contributed by atoms with Crippen molar-refractivity contribution in [3.05, 3.63) is 70.2 Å². The van der Waals surface area contributed by atoms with Crippen molar-refractivity contribution in [3.63, 3.8) is 0 Å². The minimum Gasteiger partial charge on any atom is -0.333 e. The van der Waals surface area contributed by atoms with Gasteiger partial charge >= 0.3 is 0 Å². The number of carbonyl (C=O) groups is 1. The molecule has 0 bridgehead atoms. The monoisotopic (exact) mass is 386 g/mol. The van der Waals surface area contributed by atoms with E-state index in [0.29, 0.717) is 24.7 Å². The van der Waals surface area contributed by atoms with Crippen LogP contribution in [-0.4, -0.2) is 30.4 Å². The summed E-state index contributed by atoms with van der Waals surface area (Å²) in [5.41, 5.74) is 0.992. The first-order chi connectivity index (χ1) is 11.5. The van der Waals surface area contributed by atoms with Crippen LogP contribution in [0.15, 0.2) is 42.5 Å². The van der Waals surface area contributed by atoms with E-state index in [4.69, 9.17) is 11.6 Å². The van der Waals surface area contributed by atoms with Gasteiger partial charge in [0.1, 0.15) is 11.6 Å². The SMILES string of the molecule is Cl.O=C(Cc1cc(F)ccc1F)N1CCNCC1c1cccc(Cl)c1. The smallest absolute Gasteiger partial charge is 0.227 e. The number of halogens is 4. The molecule has 1 atom stereocenters. The van der Waals surface area contributed by atoms with Gasteiger partial charge in [-0.15, -0.1) is 12.4 Å². The average Bonchev–Trinajstić information content (AvgIpc) is 2.58. The maximum atomic E-state index is 13.8. The Kier molecular flexibility index (Phi) is 6.76. The molecular formula is C18H18Cl2F2N2O. The Hall–Kier alpha value is -1.69. The predicted molar refractivity (Wildman–Crippen MR) is 96.1 cm³/mol. The summed E-state index contributed by atoms with van der Waals surface area (Å²) in [5, 5.41) is 3.85. The summed E-state index contributed by atoms with van der Waals surface area (Å²) in [4.78, 5) is 14.4. The number of nitrogens with zero attached hydrogens (tertiary/aromatic N) is 1. The number of hydrogen-bond acceptors (Lipinski definition) is 2. The van der Waals surface area contributed by atoms with Crippen molar-refractivity contribution in [1.82, 2.24) is 10.2 Å². The lowest BCUT2D eigenvalue weighted by Gasteiger charge is -2.36.